The van der Waals surface area contributed by atoms with E-state index in [9.17, 15) is 18.3 Å². The molecule has 3 aromatic rings. The first-order chi connectivity index (χ1) is 13.3. The summed E-state index contributed by atoms with van der Waals surface area (Å²) in [5, 5.41) is 13.4. The van der Waals surface area contributed by atoms with Gasteiger partial charge in [0.2, 0.25) is 10.0 Å². The highest BCUT2D eigenvalue weighted by atomic mass is 32.2. The Morgan fingerprint density at radius 3 is 2.50 bits per heavy atom. The van der Waals surface area contributed by atoms with E-state index in [4.69, 9.17) is 4.42 Å². The Morgan fingerprint density at radius 2 is 1.82 bits per heavy atom. The summed E-state index contributed by atoms with van der Waals surface area (Å²) in [6.07, 6.45) is 0. The number of fused-ring (bicyclic) bond motifs is 1. The SMILES string of the molecule is CCN(CC)S(=O)(=O)c1ccc(O)c(NC(=O)c2cc3cc(C)ccc3o2)c1. The summed E-state index contributed by atoms with van der Waals surface area (Å²) in [5.74, 6) is -0.752. The fraction of sp³-hybridized carbons (Fsp3) is 0.250. The number of furan rings is 1. The molecule has 0 spiro atoms. The molecule has 0 saturated carbocycles. The number of carbonyl (C=O) groups is 1. The number of carbonyl (C=O) groups excluding carboxylic acids is 1. The van der Waals surface area contributed by atoms with Crippen LogP contribution in [0.1, 0.15) is 30.0 Å². The van der Waals surface area contributed by atoms with Gasteiger partial charge in [-0.3, -0.25) is 4.79 Å². The van der Waals surface area contributed by atoms with E-state index < -0.39 is 15.9 Å². The van der Waals surface area contributed by atoms with Gasteiger partial charge in [0.25, 0.3) is 5.91 Å². The van der Waals surface area contributed by atoms with Gasteiger partial charge < -0.3 is 14.8 Å². The summed E-state index contributed by atoms with van der Waals surface area (Å²) in [7, 11) is -3.72. The highest BCUT2D eigenvalue weighted by molar-refractivity contribution is 7.89. The van der Waals surface area contributed by atoms with E-state index >= 15 is 0 Å². The first-order valence-corrected chi connectivity index (χ1v) is 10.3. The van der Waals surface area contributed by atoms with Gasteiger partial charge >= 0.3 is 0 Å². The van der Waals surface area contributed by atoms with Crippen LogP contribution in [0.15, 0.2) is 51.8 Å². The van der Waals surface area contributed by atoms with Crippen molar-refractivity contribution in [2.24, 2.45) is 0 Å². The Hall–Kier alpha value is -2.84. The molecular formula is C20H22N2O5S. The van der Waals surface area contributed by atoms with E-state index in [1.54, 1.807) is 26.0 Å². The summed E-state index contributed by atoms with van der Waals surface area (Å²) in [6.45, 7) is 6.06. The highest BCUT2D eigenvalue weighted by Gasteiger charge is 2.23. The van der Waals surface area contributed by atoms with Crippen molar-refractivity contribution in [2.75, 3.05) is 18.4 Å². The van der Waals surface area contributed by atoms with Crippen molar-refractivity contribution in [3.63, 3.8) is 0 Å². The number of benzene rings is 2. The zero-order valence-electron chi connectivity index (χ0n) is 15.9. The summed E-state index contributed by atoms with van der Waals surface area (Å²) in [4.78, 5) is 12.5. The molecule has 148 valence electrons. The Bertz CT molecular complexity index is 1130. The van der Waals surface area contributed by atoms with E-state index in [1.807, 2.05) is 19.1 Å². The minimum atomic E-state index is -3.72. The molecule has 0 bridgehead atoms. The predicted molar refractivity (Wildman–Crippen MR) is 107 cm³/mol. The molecule has 1 amide bonds. The van der Waals surface area contributed by atoms with Gasteiger partial charge in [-0.2, -0.15) is 4.31 Å². The third kappa shape index (κ3) is 3.74. The van der Waals surface area contributed by atoms with Gasteiger partial charge in [-0.25, -0.2) is 8.42 Å². The number of aromatic hydroxyl groups is 1. The first kappa shape index (κ1) is 19.9. The van der Waals surface area contributed by atoms with Crippen LogP contribution < -0.4 is 5.32 Å². The molecule has 0 aliphatic rings. The number of amides is 1. The molecule has 1 aromatic heterocycles. The molecule has 0 saturated heterocycles. The molecule has 0 atom stereocenters. The van der Waals surface area contributed by atoms with Crippen molar-refractivity contribution in [1.82, 2.24) is 4.31 Å². The summed E-state index contributed by atoms with van der Waals surface area (Å²) in [6, 6.07) is 10.9. The predicted octanol–water partition coefficient (Wildman–Crippen LogP) is 3.73. The van der Waals surface area contributed by atoms with Gasteiger partial charge in [-0.15, -0.1) is 0 Å². The minimum absolute atomic E-state index is 0.00475. The van der Waals surface area contributed by atoms with Crippen molar-refractivity contribution < 1.29 is 22.7 Å². The van der Waals surface area contributed by atoms with Crippen molar-refractivity contribution in [2.45, 2.75) is 25.7 Å². The Kier molecular flexibility index (Phi) is 5.44. The fourth-order valence-corrected chi connectivity index (χ4v) is 4.43. The van der Waals surface area contributed by atoms with Gasteiger partial charge in [0.1, 0.15) is 11.3 Å². The lowest BCUT2D eigenvalue weighted by molar-refractivity contribution is 0.0998. The number of phenols is 1. The van der Waals surface area contributed by atoms with Crippen LogP contribution in [0.5, 0.6) is 5.75 Å². The number of nitrogens with zero attached hydrogens (tertiary/aromatic N) is 1. The minimum Gasteiger partial charge on any atom is -0.506 e. The molecule has 28 heavy (non-hydrogen) atoms. The van der Waals surface area contributed by atoms with E-state index in [0.29, 0.717) is 18.7 Å². The molecule has 7 nitrogen and oxygen atoms in total. The van der Waals surface area contributed by atoms with Gasteiger partial charge in [0, 0.05) is 18.5 Å². The van der Waals surface area contributed by atoms with Crippen LogP contribution in [0, 0.1) is 6.92 Å². The number of nitrogens with one attached hydrogen (secondary N) is 1. The molecule has 0 fully saturated rings. The number of phenolic OH excluding ortho intramolecular Hbond substituents is 1. The second kappa shape index (κ2) is 7.65. The first-order valence-electron chi connectivity index (χ1n) is 8.91. The number of anilines is 1. The molecule has 0 aliphatic carbocycles. The maximum Gasteiger partial charge on any atom is 0.291 e. The monoisotopic (exact) mass is 402 g/mol. The molecule has 0 radical (unpaired) electrons. The lowest BCUT2D eigenvalue weighted by Gasteiger charge is -2.19. The molecule has 8 heteroatoms. The van der Waals surface area contributed by atoms with E-state index in [1.165, 1.54) is 22.5 Å². The number of rotatable bonds is 6. The van der Waals surface area contributed by atoms with Crippen molar-refractivity contribution in [3.8, 4) is 5.75 Å². The smallest absolute Gasteiger partial charge is 0.291 e. The van der Waals surface area contributed by atoms with E-state index in [-0.39, 0.29) is 22.1 Å². The average Bonchev–Trinajstić information content (AvgIpc) is 3.07. The molecule has 1 heterocycles. The van der Waals surface area contributed by atoms with Crippen LogP contribution in [0.25, 0.3) is 11.0 Å². The Morgan fingerprint density at radius 1 is 1.11 bits per heavy atom. The topological polar surface area (TPSA) is 99.9 Å². The second-order valence-corrected chi connectivity index (χ2v) is 8.31. The Balaban J connectivity index is 1.92. The van der Waals surface area contributed by atoms with Crippen LogP contribution in [0.4, 0.5) is 5.69 Å². The maximum atomic E-state index is 12.7. The third-order valence-corrected chi connectivity index (χ3v) is 6.50. The zero-order chi connectivity index (χ0) is 20.5. The quantitative estimate of drug-likeness (QED) is 0.612. The Labute approximate surface area is 163 Å². The maximum absolute atomic E-state index is 12.7. The van der Waals surface area contributed by atoms with Gasteiger partial charge in [0.15, 0.2) is 5.76 Å². The van der Waals surface area contributed by atoms with Crippen molar-refractivity contribution in [3.05, 3.63) is 53.8 Å². The second-order valence-electron chi connectivity index (χ2n) is 6.37. The van der Waals surface area contributed by atoms with Gasteiger partial charge in [-0.1, -0.05) is 25.5 Å². The lowest BCUT2D eigenvalue weighted by Crippen LogP contribution is -2.30. The molecule has 2 N–H and O–H groups in total. The number of hydrogen-bond acceptors (Lipinski definition) is 5. The fourth-order valence-electron chi connectivity index (χ4n) is 2.95. The molecule has 3 rings (SSSR count). The summed E-state index contributed by atoms with van der Waals surface area (Å²) >= 11 is 0. The molecule has 2 aromatic carbocycles. The van der Waals surface area contributed by atoms with Gasteiger partial charge in [0.05, 0.1) is 10.6 Å². The molecule has 0 unspecified atom stereocenters. The van der Waals surface area contributed by atoms with Crippen LogP contribution in [-0.4, -0.2) is 36.8 Å². The van der Waals surface area contributed by atoms with Crippen LogP contribution >= 0.6 is 0 Å². The average molecular weight is 402 g/mol. The van der Waals surface area contributed by atoms with Gasteiger partial charge in [-0.05, 0) is 43.3 Å². The summed E-state index contributed by atoms with van der Waals surface area (Å²) in [5.41, 5.74) is 1.60. The van der Waals surface area contributed by atoms with Crippen LogP contribution in [0.3, 0.4) is 0 Å². The van der Waals surface area contributed by atoms with Crippen molar-refractivity contribution in [1.29, 1.82) is 0 Å². The summed E-state index contributed by atoms with van der Waals surface area (Å²) < 4.78 is 32.2. The van der Waals surface area contributed by atoms with Crippen molar-refractivity contribution >= 4 is 32.6 Å². The van der Waals surface area contributed by atoms with Crippen LogP contribution in [0.2, 0.25) is 0 Å². The number of sulfonamides is 1. The number of hydrogen-bond donors (Lipinski definition) is 2. The van der Waals surface area contributed by atoms with E-state index in [2.05, 4.69) is 5.32 Å². The lowest BCUT2D eigenvalue weighted by atomic mass is 10.2. The normalized spacial score (nSPS) is 11.9. The van der Waals surface area contributed by atoms with E-state index in [0.717, 1.165) is 10.9 Å². The van der Waals surface area contributed by atoms with Crippen LogP contribution in [-0.2, 0) is 10.0 Å². The zero-order valence-corrected chi connectivity index (χ0v) is 16.7. The standard InChI is InChI=1S/C20H22N2O5S/c1-4-22(5-2)28(25,26)15-7-8-17(23)16(12-15)21-20(24)19-11-14-10-13(3)6-9-18(14)27-19/h6-12,23H,4-5H2,1-3H3,(H,21,24). The number of aryl methyl sites for hydroxylation is 1. The largest absolute Gasteiger partial charge is 0.506 e. The molecular weight excluding hydrogens is 380 g/mol. The molecule has 0 aliphatic heterocycles. The highest BCUT2D eigenvalue weighted by Crippen LogP contribution is 2.29. The third-order valence-electron chi connectivity index (χ3n) is 4.46.